The summed E-state index contributed by atoms with van der Waals surface area (Å²) in [5.74, 6) is -0.893. The Bertz CT molecular complexity index is 847. The van der Waals surface area contributed by atoms with Crippen molar-refractivity contribution >= 4 is 17.5 Å². The van der Waals surface area contributed by atoms with Gasteiger partial charge in [-0.1, -0.05) is 29.8 Å². The number of likely N-dealkylation sites (tertiary alicyclic amines) is 1. The van der Waals surface area contributed by atoms with Crippen molar-refractivity contribution < 1.29 is 22.8 Å². The molecule has 1 saturated heterocycles. The van der Waals surface area contributed by atoms with Crippen LogP contribution in [-0.2, 0) is 11.0 Å². The highest BCUT2D eigenvalue weighted by Crippen LogP contribution is 2.33. The molecule has 2 aromatic carbocycles. The van der Waals surface area contributed by atoms with Gasteiger partial charge in [-0.3, -0.25) is 14.5 Å². The average molecular weight is 376 g/mol. The van der Waals surface area contributed by atoms with Gasteiger partial charge in [0.05, 0.1) is 11.1 Å². The predicted octanol–water partition coefficient (Wildman–Crippen LogP) is 4.24. The lowest BCUT2D eigenvalue weighted by Crippen LogP contribution is -2.42. The maximum atomic E-state index is 13.4. The smallest absolute Gasteiger partial charge is 0.324 e. The number of alkyl halides is 3. The van der Waals surface area contributed by atoms with Crippen molar-refractivity contribution in [3.05, 3.63) is 65.2 Å². The summed E-state index contributed by atoms with van der Waals surface area (Å²) in [7, 11) is 0. The highest BCUT2D eigenvalue weighted by atomic mass is 19.4. The molecule has 0 aliphatic carbocycles. The first-order valence-electron chi connectivity index (χ1n) is 8.60. The van der Waals surface area contributed by atoms with Crippen molar-refractivity contribution in [3.8, 4) is 0 Å². The number of carbonyl (C=O) groups is 2. The molecule has 2 amide bonds. The Morgan fingerprint density at radius 3 is 2.37 bits per heavy atom. The lowest BCUT2D eigenvalue weighted by molar-refractivity contribution is -0.138. The number of rotatable bonds is 4. The normalized spacial score (nSPS) is 14.5. The summed E-state index contributed by atoms with van der Waals surface area (Å²) in [5.41, 5.74) is -0.0153. The molecule has 3 rings (SSSR count). The van der Waals surface area contributed by atoms with Gasteiger partial charge in [-0.15, -0.1) is 0 Å². The van der Waals surface area contributed by atoms with Gasteiger partial charge in [0.1, 0.15) is 6.67 Å². The maximum absolute atomic E-state index is 13.4. The molecule has 1 aliphatic heterocycles. The van der Waals surface area contributed by atoms with Crippen molar-refractivity contribution in [2.24, 2.45) is 0 Å². The number of aryl methyl sites for hydroxylation is 1. The van der Waals surface area contributed by atoms with Crippen LogP contribution in [-0.4, -0.2) is 29.9 Å². The van der Waals surface area contributed by atoms with Crippen LogP contribution in [0, 0.1) is 6.92 Å². The summed E-state index contributed by atoms with van der Waals surface area (Å²) in [4.78, 5) is 27.8. The van der Waals surface area contributed by atoms with E-state index in [4.69, 9.17) is 0 Å². The van der Waals surface area contributed by atoms with Gasteiger partial charge >= 0.3 is 6.18 Å². The fraction of sp³-hybridized carbons (Fsp3) is 0.300. The summed E-state index contributed by atoms with van der Waals surface area (Å²) < 4.78 is 40.1. The first-order chi connectivity index (χ1) is 12.8. The van der Waals surface area contributed by atoms with Crippen molar-refractivity contribution in [1.82, 2.24) is 4.90 Å². The van der Waals surface area contributed by atoms with E-state index in [1.807, 2.05) is 6.92 Å². The molecule has 0 saturated carbocycles. The Morgan fingerprint density at radius 1 is 1.11 bits per heavy atom. The van der Waals surface area contributed by atoms with Crippen LogP contribution in [0.2, 0.25) is 0 Å². The molecule has 142 valence electrons. The Kier molecular flexibility index (Phi) is 5.21. The molecule has 2 aromatic rings. The first kappa shape index (κ1) is 18.9. The number of carbonyl (C=O) groups excluding carboxylic acids is 2. The van der Waals surface area contributed by atoms with Crippen molar-refractivity contribution in [2.45, 2.75) is 25.9 Å². The number of amides is 2. The number of anilines is 1. The standard InChI is InChI=1S/C20H19F3N2O2/c1-14-8-10-15(11-9-14)25(13-24-12-4-7-18(24)26)19(27)16-5-2-3-6-17(16)20(21,22)23/h2-3,5-6,8-11H,4,7,12-13H2,1H3. The van der Waals surface area contributed by atoms with E-state index in [1.165, 1.54) is 21.9 Å². The van der Waals surface area contributed by atoms with Crippen LogP contribution < -0.4 is 4.90 Å². The van der Waals surface area contributed by atoms with Crippen LogP contribution in [0.4, 0.5) is 18.9 Å². The number of halogens is 3. The van der Waals surface area contributed by atoms with E-state index in [9.17, 15) is 22.8 Å². The first-order valence-corrected chi connectivity index (χ1v) is 8.60. The van der Waals surface area contributed by atoms with Crippen molar-refractivity contribution in [3.63, 3.8) is 0 Å². The van der Waals surface area contributed by atoms with Gasteiger partial charge in [-0.05, 0) is 37.6 Å². The third kappa shape index (κ3) is 4.13. The Hall–Kier alpha value is -2.83. The van der Waals surface area contributed by atoms with Gasteiger partial charge in [-0.2, -0.15) is 13.2 Å². The molecular weight excluding hydrogens is 357 g/mol. The van der Waals surface area contributed by atoms with Crippen LogP contribution in [0.15, 0.2) is 48.5 Å². The minimum absolute atomic E-state index is 0.0765. The second-order valence-electron chi connectivity index (χ2n) is 6.51. The summed E-state index contributed by atoms with van der Waals surface area (Å²) >= 11 is 0. The van der Waals surface area contributed by atoms with Gasteiger partial charge in [0.25, 0.3) is 5.91 Å². The quantitative estimate of drug-likeness (QED) is 0.801. The van der Waals surface area contributed by atoms with E-state index in [1.54, 1.807) is 24.3 Å². The topological polar surface area (TPSA) is 40.6 Å². The average Bonchev–Trinajstić information content (AvgIpc) is 3.04. The molecule has 0 atom stereocenters. The number of hydrogen-bond acceptors (Lipinski definition) is 2. The second kappa shape index (κ2) is 7.42. The predicted molar refractivity (Wildman–Crippen MR) is 95.2 cm³/mol. The van der Waals surface area contributed by atoms with Crippen LogP contribution in [0.1, 0.15) is 34.3 Å². The van der Waals surface area contributed by atoms with E-state index < -0.39 is 23.2 Å². The zero-order valence-corrected chi connectivity index (χ0v) is 14.8. The summed E-state index contributed by atoms with van der Waals surface area (Å²) in [6.45, 7) is 2.28. The molecular formula is C20H19F3N2O2. The highest BCUT2D eigenvalue weighted by Gasteiger charge is 2.36. The SMILES string of the molecule is Cc1ccc(N(CN2CCCC2=O)C(=O)c2ccccc2C(F)(F)F)cc1. The highest BCUT2D eigenvalue weighted by molar-refractivity contribution is 6.07. The molecule has 0 aromatic heterocycles. The van der Waals surface area contributed by atoms with E-state index in [2.05, 4.69) is 0 Å². The Labute approximate surface area is 155 Å². The van der Waals surface area contributed by atoms with Gasteiger partial charge in [0.15, 0.2) is 0 Å². The minimum Gasteiger partial charge on any atom is -0.324 e. The molecule has 1 fully saturated rings. The Balaban J connectivity index is 2.01. The van der Waals surface area contributed by atoms with Crippen LogP contribution >= 0.6 is 0 Å². The molecule has 1 aliphatic rings. The van der Waals surface area contributed by atoms with Gasteiger partial charge in [0.2, 0.25) is 5.91 Å². The van der Waals surface area contributed by atoms with Crippen LogP contribution in [0.3, 0.4) is 0 Å². The lowest BCUT2D eigenvalue weighted by Gasteiger charge is -2.29. The largest absolute Gasteiger partial charge is 0.417 e. The summed E-state index contributed by atoms with van der Waals surface area (Å²) in [6, 6.07) is 11.6. The third-order valence-corrected chi connectivity index (χ3v) is 4.54. The molecule has 4 nitrogen and oxygen atoms in total. The molecule has 0 radical (unpaired) electrons. The van der Waals surface area contributed by atoms with E-state index in [0.29, 0.717) is 25.1 Å². The zero-order chi connectivity index (χ0) is 19.6. The summed E-state index contributed by atoms with van der Waals surface area (Å²) in [5, 5.41) is 0. The van der Waals surface area contributed by atoms with E-state index in [-0.39, 0.29) is 12.6 Å². The van der Waals surface area contributed by atoms with Crippen molar-refractivity contribution in [1.29, 1.82) is 0 Å². The molecule has 0 bridgehead atoms. The fourth-order valence-corrected chi connectivity index (χ4v) is 3.07. The van der Waals surface area contributed by atoms with E-state index >= 15 is 0 Å². The molecule has 1 heterocycles. The fourth-order valence-electron chi connectivity index (χ4n) is 3.07. The maximum Gasteiger partial charge on any atom is 0.417 e. The molecule has 0 N–H and O–H groups in total. The number of benzene rings is 2. The second-order valence-corrected chi connectivity index (χ2v) is 6.51. The number of nitrogens with zero attached hydrogens (tertiary/aromatic N) is 2. The molecule has 27 heavy (non-hydrogen) atoms. The zero-order valence-electron chi connectivity index (χ0n) is 14.8. The van der Waals surface area contributed by atoms with E-state index in [0.717, 1.165) is 17.7 Å². The molecule has 0 spiro atoms. The third-order valence-electron chi connectivity index (χ3n) is 4.54. The molecule has 0 unspecified atom stereocenters. The summed E-state index contributed by atoms with van der Waals surface area (Å²) in [6.07, 6.45) is -3.59. The number of hydrogen-bond donors (Lipinski definition) is 0. The van der Waals surface area contributed by atoms with Crippen molar-refractivity contribution in [2.75, 3.05) is 18.1 Å². The lowest BCUT2D eigenvalue weighted by atomic mass is 10.1. The van der Waals surface area contributed by atoms with Crippen LogP contribution in [0.5, 0.6) is 0 Å². The Morgan fingerprint density at radius 2 is 1.78 bits per heavy atom. The van der Waals surface area contributed by atoms with Crippen LogP contribution in [0.25, 0.3) is 0 Å². The van der Waals surface area contributed by atoms with Gasteiger partial charge < -0.3 is 4.90 Å². The molecule has 7 heteroatoms. The monoisotopic (exact) mass is 376 g/mol. The minimum atomic E-state index is -4.64. The van der Waals surface area contributed by atoms with Gasteiger partial charge in [0, 0.05) is 18.7 Å². The van der Waals surface area contributed by atoms with Gasteiger partial charge in [-0.25, -0.2) is 0 Å².